The van der Waals surface area contributed by atoms with Gasteiger partial charge in [-0.2, -0.15) is 5.26 Å². The molecule has 4 nitrogen and oxygen atoms in total. The number of hydrogen-bond acceptors (Lipinski definition) is 4. The zero-order valence-electron chi connectivity index (χ0n) is 25.2. The van der Waals surface area contributed by atoms with Crippen molar-refractivity contribution in [2.24, 2.45) is 0 Å². The Morgan fingerprint density at radius 3 is 2.28 bits per heavy atom. The first-order chi connectivity index (χ1) is 20.8. The second kappa shape index (κ2) is 9.20. The Morgan fingerprint density at radius 2 is 1.51 bits per heavy atom. The zero-order valence-corrected chi connectivity index (χ0v) is 25.2. The van der Waals surface area contributed by atoms with Crippen molar-refractivity contribution in [2.45, 2.75) is 70.0 Å². The number of fused-ring (bicyclic) bond motifs is 7. The summed E-state index contributed by atoms with van der Waals surface area (Å²) in [4.78, 5) is 0. The molecule has 0 aromatic heterocycles. The van der Waals surface area contributed by atoms with Gasteiger partial charge in [0.05, 0.1) is 28.2 Å². The largest absolute Gasteiger partial charge is 0.495 e. The van der Waals surface area contributed by atoms with Crippen LogP contribution in [0.2, 0.25) is 0 Å². The summed E-state index contributed by atoms with van der Waals surface area (Å²) in [5, 5.41) is 9.40. The number of hydrogen-bond donors (Lipinski definition) is 0. The molecular formula is C38H34BNO3. The standard InChI is InChI=1S/C38H34BNO3/c1-36(2)37(3,4)43-39(42-36)32-17-10-15-30-34(32)27-11-5-6-13-28(27)38(30)29-14-7-8-18-33(29)41-35-26(12-9-16-31(35)38)25-21-19-24(23-40)20-22-25/h5,7-9,11-12,14,16-22H,6,10,13,15H2,1-4H3. The van der Waals surface area contributed by atoms with Crippen molar-refractivity contribution in [3.63, 3.8) is 0 Å². The van der Waals surface area contributed by atoms with Crippen LogP contribution in [0.4, 0.5) is 0 Å². The van der Waals surface area contributed by atoms with Crippen LogP contribution in [0.5, 0.6) is 11.5 Å². The highest BCUT2D eigenvalue weighted by molar-refractivity contribution is 6.56. The van der Waals surface area contributed by atoms with Crippen LogP contribution in [-0.2, 0) is 14.7 Å². The molecule has 43 heavy (non-hydrogen) atoms. The third-order valence-corrected chi connectivity index (χ3v) is 10.4. The van der Waals surface area contributed by atoms with Crippen LogP contribution >= 0.6 is 0 Å². The van der Waals surface area contributed by atoms with E-state index in [4.69, 9.17) is 14.0 Å². The summed E-state index contributed by atoms with van der Waals surface area (Å²) in [5.41, 5.74) is 10.5. The van der Waals surface area contributed by atoms with Crippen LogP contribution in [0, 0.1) is 11.3 Å². The highest BCUT2D eigenvalue weighted by Gasteiger charge is 2.58. The quantitative estimate of drug-likeness (QED) is 0.292. The van der Waals surface area contributed by atoms with Crippen molar-refractivity contribution >= 4 is 7.12 Å². The molecule has 3 aliphatic carbocycles. The van der Waals surface area contributed by atoms with Gasteiger partial charge in [-0.15, -0.1) is 0 Å². The molecule has 0 amide bonds. The van der Waals surface area contributed by atoms with Crippen molar-refractivity contribution in [3.8, 4) is 28.7 Å². The lowest BCUT2D eigenvalue weighted by Crippen LogP contribution is -2.41. The predicted octanol–water partition coefficient (Wildman–Crippen LogP) is 8.93. The fourth-order valence-corrected chi connectivity index (χ4v) is 7.79. The molecule has 212 valence electrons. The maximum absolute atomic E-state index is 9.40. The molecule has 5 aliphatic rings. The Balaban J connectivity index is 1.40. The SMILES string of the molecule is CC1(C)OB(C2=CCCC3=C2C2=C(CCC=C2)C32c3ccccc3Oc3c(-c4ccc(C#N)cc4)cccc32)OC1(C)C. The molecule has 1 fully saturated rings. The maximum Gasteiger partial charge on any atom is 0.495 e. The van der Waals surface area contributed by atoms with E-state index >= 15 is 0 Å². The van der Waals surface area contributed by atoms with Gasteiger partial charge in [0.25, 0.3) is 0 Å². The normalized spacial score (nSPS) is 24.2. The Kier molecular flexibility index (Phi) is 5.67. The van der Waals surface area contributed by atoms with Gasteiger partial charge in [0.1, 0.15) is 11.5 Å². The van der Waals surface area contributed by atoms with Gasteiger partial charge < -0.3 is 14.0 Å². The topological polar surface area (TPSA) is 51.5 Å². The van der Waals surface area contributed by atoms with Gasteiger partial charge in [-0.1, -0.05) is 66.8 Å². The molecule has 1 unspecified atom stereocenters. The lowest BCUT2D eigenvalue weighted by Gasteiger charge is -2.43. The van der Waals surface area contributed by atoms with Crippen LogP contribution in [-0.4, -0.2) is 18.3 Å². The summed E-state index contributed by atoms with van der Waals surface area (Å²) in [5.74, 6) is 1.80. The minimum Gasteiger partial charge on any atom is -0.456 e. The van der Waals surface area contributed by atoms with Crippen molar-refractivity contribution in [2.75, 3.05) is 0 Å². The molecule has 2 heterocycles. The minimum atomic E-state index is -0.439. The van der Waals surface area contributed by atoms with E-state index in [1.165, 1.54) is 33.4 Å². The Bertz CT molecular complexity index is 1850. The third kappa shape index (κ3) is 3.57. The van der Waals surface area contributed by atoms with E-state index in [1.807, 2.05) is 24.3 Å². The van der Waals surface area contributed by atoms with Crippen LogP contribution in [0.3, 0.4) is 0 Å². The lowest BCUT2D eigenvalue weighted by molar-refractivity contribution is 0.00578. The number of benzene rings is 3. The van der Waals surface area contributed by atoms with E-state index in [2.05, 4.69) is 94.5 Å². The van der Waals surface area contributed by atoms with Gasteiger partial charge in [-0.25, -0.2) is 0 Å². The van der Waals surface area contributed by atoms with E-state index in [1.54, 1.807) is 0 Å². The van der Waals surface area contributed by atoms with Gasteiger partial charge in [-0.05, 0) is 105 Å². The average Bonchev–Trinajstić information content (AvgIpc) is 3.44. The van der Waals surface area contributed by atoms with Crippen LogP contribution in [0.25, 0.3) is 11.1 Å². The molecule has 2 aliphatic heterocycles. The number of nitrogens with zero attached hydrogens (tertiary/aromatic N) is 1. The number of ether oxygens (including phenoxy) is 1. The summed E-state index contributed by atoms with van der Waals surface area (Å²) < 4.78 is 20.2. The highest BCUT2D eigenvalue weighted by Crippen LogP contribution is 2.66. The molecule has 5 heteroatoms. The molecule has 1 spiro atoms. The molecule has 0 saturated carbocycles. The summed E-state index contributed by atoms with van der Waals surface area (Å²) in [6.45, 7) is 8.51. The smallest absolute Gasteiger partial charge is 0.456 e. The van der Waals surface area contributed by atoms with Gasteiger partial charge >= 0.3 is 7.12 Å². The first kappa shape index (κ1) is 26.5. The zero-order chi connectivity index (χ0) is 29.6. The maximum atomic E-state index is 9.40. The van der Waals surface area contributed by atoms with E-state index in [9.17, 15) is 5.26 Å². The van der Waals surface area contributed by atoms with Gasteiger partial charge in [0.2, 0.25) is 0 Å². The summed E-state index contributed by atoms with van der Waals surface area (Å²) in [7, 11) is -0.422. The van der Waals surface area contributed by atoms with Crippen LogP contribution in [0.15, 0.2) is 113 Å². The predicted molar refractivity (Wildman–Crippen MR) is 170 cm³/mol. The summed E-state index contributed by atoms with van der Waals surface area (Å²) in [6, 6.07) is 25.2. The third-order valence-electron chi connectivity index (χ3n) is 10.4. The van der Waals surface area contributed by atoms with Gasteiger partial charge in [0, 0.05) is 16.7 Å². The fourth-order valence-electron chi connectivity index (χ4n) is 7.79. The first-order valence-electron chi connectivity index (χ1n) is 15.4. The molecule has 3 aromatic rings. The van der Waals surface area contributed by atoms with Crippen molar-refractivity contribution in [3.05, 3.63) is 129 Å². The first-order valence-corrected chi connectivity index (χ1v) is 15.4. The molecule has 0 radical (unpaired) electrons. The number of para-hydroxylation sites is 2. The fraction of sp³-hybridized carbons (Fsp3) is 0.289. The van der Waals surface area contributed by atoms with E-state index < -0.39 is 23.7 Å². The average molecular weight is 564 g/mol. The Labute approximate surface area is 254 Å². The number of allylic oxidation sites excluding steroid dienone is 8. The Morgan fingerprint density at radius 1 is 0.791 bits per heavy atom. The van der Waals surface area contributed by atoms with Crippen molar-refractivity contribution in [1.29, 1.82) is 5.26 Å². The summed E-state index contributed by atoms with van der Waals surface area (Å²) in [6.07, 6.45) is 10.9. The molecule has 1 saturated heterocycles. The number of nitriles is 1. The molecule has 0 bridgehead atoms. The van der Waals surface area contributed by atoms with E-state index in [0.29, 0.717) is 5.56 Å². The van der Waals surface area contributed by atoms with Crippen molar-refractivity contribution in [1.82, 2.24) is 0 Å². The van der Waals surface area contributed by atoms with Crippen LogP contribution in [0.1, 0.15) is 70.1 Å². The minimum absolute atomic E-state index is 0.416. The lowest BCUT2D eigenvalue weighted by atomic mass is 9.60. The van der Waals surface area contributed by atoms with E-state index in [-0.39, 0.29) is 0 Å². The monoisotopic (exact) mass is 563 g/mol. The molecule has 8 rings (SSSR count). The van der Waals surface area contributed by atoms with Crippen molar-refractivity contribution < 1.29 is 14.0 Å². The second-order valence-corrected chi connectivity index (χ2v) is 13.2. The second-order valence-electron chi connectivity index (χ2n) is 13.2. The molecular weight excluding hydrogens is 529 g/mol. The molecule has 3 aromatic carbocycles. The van der Waals surface area contributed by atoms with E-state index in [0.717, 1.165) is 53.8 Å². The van der Waals surface area contributed by atoms with Crippen LogP contribution < -0.4 is 4.74 Å². The number of rotatable bonds is 2. The molecule has 0 N–H and O–H groups in total. The van der Waals surface area contributed by atoms with Gasteiger partial charge in [-0.3, -0.25) is 0 Å². The van der Waals surface area contributed by atoms with Gasteiger partial charge in [0.15, 0.2) is 0 Å². The molecule has 1 atom stereocenters. The Hall–Kier alpha value is -4.11. The summed E-state index contributed by atoms with van der Waals surface area (Å²) >= 11 is 0. The highest BCUT2D eigenvalue weighted by atomic mass is 16.7.